The predicted octanol–water partition coefficient (Wildman–Crippen LogP) is -2.64. The monoisotopic (exact) mass is 390 g/mol. The van der Waals surface area contributed by atoms with E-state index in [0.717, 1.165) is 29.2 Å². The van der Waals surface area contributed by atoms with Crippen LogP contribution in [0, 0.1) is 0 Å². The molecule has 0 aromatic rings. The molecule has 0 saturated carbocycles. The zero-order chi connectivity index (χ0) is 19.8. The summed E-state index contributed by atoms with van der Waals surface area (Å²) in [6.07, 6.45) is 2.67. The number of piperazine rings is 2. The molecule has 11 heteroatoms. The molecule has 0 atom stereocenters. The number of hydrogen-bond acceptors (Lipinski definition) is 8. The van der Waals surface area contributed by atoms with Gasteiger partial charge in [0.2, 0.25) is 17.7 Å². The van der Waals surface area contributed by atoms with Crippen LogP contribution in [0.15, 0.2) is 11.4 Å². The van der Waals surface area contributed by atoms with E-state index in [4.69, 9.17) is 0 Å². The molecule has 5 amide bonds. The minimum Gasteiger partial charge on any atom is -0.307 e. The van der Waals surface area contributed by atoms with Crippen LogP contribution in [0.3, 0.4) is 0 Å². The van der Waals surface area contributed by atoms with E-state index >= 15 is 0 Å². The molecule has 0 radical (unpaired) electrons. The highest BCUT2D eigenvalue weighted by atomic mass is 16.2. The Labute approximate surface area is 161 Å². The highest BCUT2D eigenvalue weighted by molar-refractivity contribution is 6.23. The van der Waals surface area contributed by atoms with Gasteiger partial charge in [-0.15, -0.1) is 0 Å². The summed E-state index contributed by atoms with van der Waals surface area (Å²) in [7, 11) is 0. The van der Waals surface area contributed by atoms with Crippen LogP contribution in [0.1, 0.15) is 19.3 Å². The minimum atomic E-state index is -0.725. The van der Waals surface area contributed by atoms with Crippen LogP contribution in [0.25, 0.3) is 0 Å². The molecule has 150 valence electrons. The Morgan fingerprint density at radius 2 is 1.25 bits per heavy atom. The van der Waals surface area contributed by atoms with Crippen LogP contribution >= 0.6 is 0 Å². The SMILES string of the molecule is O=C1CNCCN1C1=C(N2C(=O)CNCC2=O)C(=O)N(N2CCCCC2)C1=O. The molecule has 0 bridgehead atoms. The van der Waals surface area contributed by atoms with Crippen LogP contribution in [0.4, 0.5) is 0 Å². The van der Waals surface area contributed by atoms with Gasteiger partial charge in [-0.1, -0.05) is 6.42 Å². The number of imide groups is 2. The molecule has 3 fully saturated rings. The Hall–Kier alpha value is -2.63. The fraction of sp³-hybridized carbons (Fsp3) is 0.588. The van der Waals surface area contributed by atoms with Crippen molar-refractivity contribution in [2.45, 2.75) is 19.3 Å². The zero-order valence-corrected chi connectivity index (χ0v) is 15.4. The van der Waals surface area contributed by atoms with Gasteiger partial charge < -0.3 is 10.2 Å². The summed E-state index contributed by atoms with van der Waals surface area (Å²) in [5.74, 6) is -3.00. The van der Waals surface area contributed by atoms with E-state index in [1.165, 1.54) is 4.90 Å². The van der Waals surface area contributed by atoms with Crippen LogP contribution in [-0.4, -0.2) is 95.2 Å². The van der Waals surface area contributed by atoms with Crippen molar-refractivity contribution in [3.63, 3.8) is 0 Å². The van der Waals surface area contributed by atoms with Crippen molar-refractivity contribution in [1.82, 2.24) is 30.5 Å². The van der Waals surface area contributed by atoms with Gasteiger partial charge in [-0.05, 0) is 12.8 Å². The minimum absolute atomic E-state index is 0.0193. The number of carbonyl (C=O) groups excluding carboxylic acids is 5. The largest absolute Gasteiger partial charge is 0.307 e. The third-order valence-electron chi connectivity index (χ3n) is 5.26. The Kier molecular flexibility index (Phi) is 4.96. The molecule has 2 N–H and O–H groups in total. The van der Waals surface area contributed by atoms with Crippen molar-refractivity contribution < 1.29 is 24.0 Å². The van der Waals surface area contributed by atoms with Crippen molar-refractivity contribution in [3.05, 3.63) is 11.4 Å². The third kappa shape index (κ3) is 3.01. The first-order valence-corrected chi connectivity index (χ1v) is 9.46. The molecule has 11 nitrogen and oxygen atoms in total. The van der Waals surface area contributed by atoms with E-state index in [1.54, 1.807) is 5.01 Å². The second kappa shape index (κ2) is 7.41. The van der Waals surface area contributed by atoms with E-state index in [1.807, 2.05) is 0 Å². The average molecular weight is 390 g/mol. The van der Waals surface area contributed by atoms with E-state index in [-0.39, 0.29) is 43.5 Å². The molecule has 4 aliphatic rings. The molecule has 0 unspecified atom stereocenters. The number of amides is 5. The molecule has 0 aromatic heterocycles. The predicted molar refractivity (Wildman–Crippen MR) is 93.6 cm³/mol. The van der Waals surface area contributed by atoms with Crippen LogP contribution in [0.5, 0.6) is 0 Å². The first-order valence-electron chi connectivity index (χ1n) is 9.46. The number of nitrogens with zero attached hydrogens (tertiary/aromatic N) is 4. The Morgan fingerprint density at radius 1 is 0.643 bits per heavy atom. The highest BCUT2D eigenvalue weighted by Gasteiger charge is 2.50. The van der Waals surface area contributed by atoms with Crippen LogP contribution in [-0.2, 0) is 24.0 Å². The Balaban J connectivity index is 1.78. The maximum atomic E-state index is 13.3. The molecular formula is C17H22N6O5. The fourth-order valence-electron chi connectivity index (χ4n) is 3.94. The second-order valence-corrected chi connectivity index (χ2v) is 7.08. The normalized spacial score (nSPS) is 25.4. The van der Waals surface area contributed by atoms with E-state index in [2.05, 4.69) is 10.6 Å². The summed E-state index contributed by atoms with van der Waals surface area (Å²) in [6.45, 7) is 1.45. The standard InChI is InChI=1S/C17H22N6O5/c24-11-8-18-4-7-21(11)14-15(22-12(25)9-19-10-13(22)26)17(28)23(16(14)27)20-5-2-1-3-6-20/h18-19H,1-10H2. The summed E-state index contributed by atoms with van der Waals surface area (Å²) in [4.78, 5) is 65.8. The zero-order valence-electron chi connectivity index (χ0n) is 15.4. The molecule has 4 heterocycles. The van der Waals surface area contributed by atoms with Crippen molar-refractivity contribution in [2.75, 3.05) is 45.8 Å². The van der Waals surface area contributed by atoms with Gasteiger partial charge in [0.15, 0.2) is 0 Å². The molecule has 4 rings (SSSR count). The van der Waals surface area contributed by atoms with E-state index in [9.17, 15) is 24.0 Å². The Bertz CT molecular complexity index is 771. The van der Waals surface area contributed by atoms with Crippen molar-refractivity contribution in [1.29, 1.82) is 0 Å². The quantitative estimate of drug-likeness (QED) is 0.502. The lowest BCUT2D eigenvalue weighted by Gasteiger charge is -2.34. The van der Waals surface area contributed by atoms with E-state index < -0.39 is 23.6 Å². The molecule has 0 aliphatic carbocycles. The first-order chi connectivity index (χ1) is 13.5. The lowest BCUT2D eigenvalue weighted by Crippen LogP contribution is -2.54. The molecular weight excluding hydrogens is 368 g/mol. The number of nitrogens with one attached hydrogen (secondary N) is 2. The summed E-state index contributed by atoms with van der Waals surface area (Å²) >= 11 is 0. The maximum Gasteiger partial charge on any atom is 0.295 e. The molecule has 3 saturated heterocycles. The first kappa shape index (κ1) is 18.7. The number of hydrazine groups is 1. The number of carbonyl (C=O) groups is 5. The number of hydrogen-bond donors (Lipinski definition) is 2. The van der Waals surface area contributed by atoms with Gasteiger partial charge in [0, 0.05) is 26.2 Å². The summed E-state index contributed by atoms with van der Waals surface area (Å²) in [6, 6.07) is 0. The number of piperidine rings is 1. The van der Waals surface area contributed by atoms with Crippen molar-refractivity contribution in [3.8, 4) is 0 Å². The molecule has 0 aromatic carbocycles. The van der Waals surface area contributed by atoms with Crippen molar-refractivity contribution >= 4 is 29.5 Å². The van der Waals surface area contributed by atoms with Gasteiger partial charge >= 0.3 is 0 Å². The molecule has 0 spiro atoms. The average Bonchev–Trinajstić information content (AvgIpc) is 2.93. The lowest BCUT2D eigenvalue weighted by atomic mass is 10.2. The van der Waals surface area contributed by atoms with E-state index in [0.29, 0.717) is 19.6 Å². The van der Waals surface area contributed by atoms with Crippen LogP contribution in [0.2, 0.25) is 0 Å². The lowest BCUT2D eigenvalue weighted by molar-refractivity contribution is -0.161. The fourth-order valence-corrected chi connectivity index (χ4v) is 3.94. The summed E-state index contributed by atoms with van der Waals surface area (Å²) < 4.78 is 0. The highest BCUT2D eigenvalue weighted by Crippen LogP contribution is 2.30. The second-order valence-electron chi connectivity index (χ2n) is 7.08. The van der Waals surface area contributed by atoms with Gasteiger partial charge in [0.05, 0.1) is 19.6 Å². The van der Waals surface area contributed by atoms with Gasteiger partial charge in [0.1, 0.15) is 11.4 Å². The summed E-state index contributed by atoms with van der Waals surface area (Å²) in [5, 5.41) is 8.22. The van der Waals surface area contributed by atoms with Gasteiger partial charge in [-0.25, -0.2) is 9.91 Å². The van der Waals surface area contributed by atoms with Gasteiger partial charge in [0.25, 0.3) is 11.8 Å². The molecule has 28 heavy (non-hydrogen) atoms. The topological polar surface area (TPSA) is 122 Å². The van der Waals surface area contributed by atoms with Crippen molar-refractivity contribution in [2.24, 2.45) is 0 Å². The van der Waals surface area contributed by atoms with Gasteiger partial charge in [-0.3, -0.25) is 29.3 Å². The molecule has 4 aliphatic heterocycles. The Morgan fingerprint density at radius 3 is 1.89 bits per heavy atom. The number of rotatable bonds is 3. The third-order valence-corrected chi connectivity index (χ3v) is 5.26. The van der Waals surface area contributed by atoms with Crippen LogP contribution < -0.4 is 10.6 Å². The summed E-state index contributed by atoms with van der Waals surface area (Å²) in [5.41, 5.74) is -0.479. The smallest absolute Gasteiger partial charge is 0.295 e. The van der Waals surface area contributed by atoms with Gasteiger partial charge in [-0.2, -0.15) is 5.01 Å². The maximum absolute atomic E-state index is 13.3.